The number of piperidine rings is 1. The molecule has 182 valence electrons. The average Bonchev–Trinajstić information content (AvgIpc) is 3.45. The lowest BCUT2D eigenvalue weighted by Crippen LogP contribution is -2.40. The summed E-state index contributed by atoms with van der Waals surface area (Å²) in [6, 6.07) is 13.7. The zero-order valence-electron chi connectivity index (χ0n) is 20.4. The summed E-state index contributed by atoms with van der Waals surface area (Å²) in [5, 5.41) is 8.69. The van der Waals surface area contributed by atoms with Crippen LogP contribution in [0.5, 0.6) is 11.5 Å². The van der Waals surface area contributed by atoms with Gasteiger partial charge in [0.05, 0.1) is 36.2 Å². The van der Waals surface area contributed by atoms with Crippen molar-refractivity contribution in [3.63, 3.8) is 0 Å². The number of nitrogens with zero attached hydrogens (tertiary/aromatic N) is 4. The maximum Gasteiger partial charge on any atom is 0.229 e. The van der Waals surface area contributed by atoms with Crippen molar-refractivity contribution in [3.05, 3.63) is 53.7 Å². The van der Waals surface area contributed by atoms with E-state index in [9.17, 15) is 4.79 Å². The number of hydrogen-bond donors (Lipinski definition) is 1. The molecule has 0 saturated carbocycles. The average molecular weight is 492 g/mol. The third-order valence-corrected chi connectivity index (χ3v) is 7.55. The number of hydrogen-bond acceptors (Lipinski definition) is 7. The lowest BCUT2D eigenvalue weighted by molar-refractivity contribution is -0.120. The number of ether oxygens (including phenoxy) is 2. The van der Waals surface area contributed by atoms with E-state index in [1.165, 1.54) is 5.56 Å². The van der Waals surface area contributed by atoms with Crippen LogP contribution < -0.4 is 19.7 Å². The van der Waals surface area contributed by atoms with Gasteiger partial charge in [0, 0.05) is 37.0 Å². The lowest BCUT2D eigenvalue weighted by atomic mass is 9.97. The molecule has 3 heterocycles. The number of aryl methyl sites for hydroxylation is 2. The minimum Gasteiger partial charge on any atom is -0.497 e. The van der Waals surface area contributed by atoms with Gasteiger partial charge in [-0.3, -0.25) is 4.79 Å². The molecule has 2 aromatic heterocycles. The van der Waals surface area contributed by atoms with Crippen molar-refractivity contribution in [2.45, 2.75) is 26.7 Å². The molecule has 1 amide bonds. The van der Waals surface area contributed by atoms with Crippen LogP contribution in [-0.2, 0) is 4.79 Å². The zero-order chi connectivity index (χ0) is 24.5. The molecule has 9 heteroatoms. The minimum atomic E-state index is -0.136. The first kappa shape index (κ1) is 23.2. The van der Waals surface area contributed by atoms with Crippen LogP contribution in [-0.4, -0.2) is 48.0 Å². The Morgan fingerprint density at radius 2 is 1.80 bits per heavy atom. The van der Waals surface area contributed by atoms with Gasteiger partial charge < -0.3 is 19.7 Å². The molecule has 0 aliphatic carbocycles. The van der Waals surface area contributed by atoms with Gasteiger partial charge in [0.1, 0.15) is 11.5 Å². The van der Waals surface area contributed by atoms with Gasteiger partial charge in [-0.25, -0.2) is 4.68 Å². The van der Waals surface area contributed by atoms with Crippen LogP contribution in [0.15, 0.2) is 42.5 Å². The number of carbonyl (C=O) groups is 1. The van der Waals surface area contributed by atoms with Crippen molar-refractivity contribution in [2.75, 3.05) is 37.5 Å². The highest BCUT2D eigenvalue weighted by Gasteiger charge is 2.28. The second-order valence-electron chi connectivity index (χ2n) is 8.86. The summed E-state index contributed by atoms with van der Waals surface area (Å²) in [4.78, 5) is 20.3. The fraction of sp³-hybridized carbons (Fsp3) is 0.346. The van der Waals surface area contributed by atoms with Crippen LogP contribution in [0.3, 0.4) is 0 Å². The van der Waals surface area contributed by atoms with E-state index in [0.29, 0.717) is 23.7 Å². The van der Waals surface area contributed by atoms with Gasteiger partial charge >= 0.3 is 0 Å². The number of carbonyl (C=O) groups excluding carboxylic acids is 1. The number of rotatable bonds is 6. The topological polar surface area (TPSA) is 81.5 Å². The van der Waals surface area contributed by atoms with Gasteiger partial charge in [-0.2, -0.15) is 10.1 Å². The Labute approximate surface area is 208 Å². The van der Waals surface area contributed by atoms with E-state index in [1.807, 2.05) is 11.6 Å². The number of thiazole rings is 1. The molecular formula is C26H29N5O3S. The monoisotopic (exact) mass is 491 g/mol. The largest absolute Gasteiger partial charge is 0.497 e. The van der Waals surface area contributed by atoms with Crippen LogP contribution in [0.4, 0.5) is 10.8 Å². The Morgan fingerprint density at radius 3 is 2.49 bits per heavy atom. The molecule has 1 aliphatic rings. The summed E-state index contributed by atoms with van der Waals surface area (Å²) >= 11 is 1.64. The van der Waals surface area contributed by atoms with E-state index in [-0.39, 0.29) is 11.8 Å². The van der Waals surface area contributed by atoms with E-state index in [4.69, 9.17) is 19.6 Å². The van der Waals surface area contributed by atoms with E-state index in [0.717, 1.165) is 46.2 Å². The molecule has 5 rings (SSSR count). The molecule has 1 saturated heterocycles. The number of aromatic nitrogens is 3. The second kappa shape index (κ2) is 9.58. The summed E-state index contributed by atoms with van der Waals surface area (Å²) in [5.74, 6) is 1.13. The predicted octanol–water partition coefficient (Wildman–Crippen LogP) is 4.97. The first-order chi connectivity index (χ1) is 16.9. The number of nitrogens with one attached hydrogen (secondary N) is 1. The molecule has 2 aromatic carbocycles. The smallest absolute Gasteiger partial charge is 0.229 e. The Morgan fingerprint density at radius 1 is 1.09 bits per heavy atom. The number of methoxy groups -OCH3 is 2. The van der Waals surface area contributed by atoms with Crippen LogP contribution in [0, 0.1) is 19.8 Å². The maximum atomic E-state index is 13.1. The summed E-state index contributed by atoms with van der Waals surface area (Å²) in [6.07, 6.45) is 1.77. The predicted molar refractivity (Wildman–Crippen MR) is 139 cm³/mol. The van der Waals surface area contributed by atoms with Crippen molar-refractivity contribution < 1.29 is 14.3 Å². The first-order valence-electron chi connectivity index (χ1n) is 11.7. The van der Waals surface area contributed by atoms with Gasteiger partial charge in [-0.15, -0.1) is 0 Å². The summed E-state index contributed by atoms with van der Waals surface area (Å²) in [6.45, 7) is 5.59. The first-order valence-corrected chi connectivity index (χ1v) is 12.5. The third kappa shape index (κ3) is 4.68. The molecule has 1 aliphatic heterocycles. The van der Waals surface area contributed by atoms with Crippen molar-refractivity contribution in [2.24, 2.45) is 5.92 Å². The van der Waals surface area contributed by atoms with Crippen molar-refractivity contribution in [1.82, 2.24) is 14.8 Å². The van der Waals surface area contributed by atoms with Gasteiger partial charge in [-0.05, 0) is 38.8 Å². The van der Waals surface area contributed by atoms with Crippen LogP contribution in [0.2, 0.25) is 0 Å². The Bertz CT molecular complexity index is 1340. The van der Waals surface area contributed by atoms with Gasteiger partial charge in [-0.1, -0.05) is 29.0 Å². The fourth-order valence-corrected chi connectivity index (χ4v) is 5.43. The highest BCUT2D eigenvalue weighted by atomic mass is 32.1. The van der Waals surface area contributed by atoms with E-state index >= 15 is 0 Å². The normalized spacial score (nSPS) is 15.9. The molecule has 1 fully saturated rings. The highest BCUT2D eigenvalue weighted by molar-refractivity contribution is 7.22. The van der Waals surface area contributed by atoms with Crippen molar-refractivity contribution in [1.29, 1.82) is 0 Å². The molecule has 0 bridgehead atoms. The van der Waals surface area contributed by atoms with Gasteiger partial charge in [0.25, 0.3) is 0 Å². The minimum absolute atomic E-state index is 0.00636. The van der Waals surface area contributed by atoms with Crippen LogP contribution in [0.1, 0.15) is 24.1 Å². The molecule has 0 unspecified atom stereocenters. The van der Waals surface area contributed by atoms with Crippen molar-refractivity contribution in [3.8, 4) is 17.2 Å². The van der Waals surface area contributed by atoms with Crippen molar-refractivity contribution >= 4 is 38.4 Å². The number of benzene rings is 2. The molecule has 4 aromatic rings. The number of anilines is 2. The van der Waals surface area contributed by atoms with Gasteiger partial charge in [0.2, 0.25) is 5.91 Å². The second-order valence-corrected chi connectivity index (χ2v) is 9.84. The maximum absolute atomic E-state index is 13.1. The third-order valence-electron chi connectivity index (χ3n) is 6.34. The molecule has 0 radical (unpaired) electrons. The molecule has 0 spiro atoms. The van der Waals surface area contributed by atoms with Crippen LogP contribution >= 0.6 is 11.3 Å². The summed E-state index contributed by atoms with van der Waals surface area (Å²) in [5.41, 5.74) is 4.69. The van der Waals surface area contributed by atoms with E-state index in [1.54, 1.807) is 43.8 Å². The molecule has 1 atom stereocenters. The summed E-state index contributed by atoms with van der Waals surface area (Å²) in [7, 11) is 3.19. The molecular weight excluding hydrogens is 462 g/mol. The Hall–Kier alpha value is -3.59. The quantitative estimate of drug-likeness (QED) is 0.410. The molecule has 1 N–H and O–H groups in total. The SMILES string of the molecule is COc1cc(NC(=O)[C@@H]2CCCN(c3nc4c(s3)c(C)nn4-c3ccc(C)cc3)C2)cc(OC)c1. The highest BCUT2D eigenvalue weighted by Crippen LogP contribution is 2.35. The zero-order valence-corrected chi connectivity index (χ0v) is 21.2. The summed E-state index contributed by atoms with van der Waals surface area (Å²) < 4.78 is 13.6. The number of fused-ring (bicyclic) bond motifs is 1. The van der Waals surface area contributed by atoms with Gasteiger partial charge in [0.15, 0.2) is 10.8 Å². The standard InChI is InChI=1S/C26H29N5O3S/c1-16-7-9-20(10-8-16)31-24-23(17(2)29-31)35-26(28-24)30-11-5-6-18(15-30)25(32)27-19-12-21(33-3)14-22(13-19)34-4/h7-10,12-14,18H,5-6,11,15H2,1-4H3,(H,27,32)/t18-/m1/s1. The van der Waals surface area contributed by atoms with Crippen LogP contribution in [0.25, 0.3) is 16.0 Å². The van der Waals surface area contributed by atoms with E-state index < -0.39 is 0 Å². The molecule has 35 heavy (non-hydrogen) atoms. The van der Waals surface area contributed by atoms with E-state index in [2.05, 4.69) is 41.4 Å². The molecule has 8 nitrogen and oxygen atoms in total. The lowest BCUT2D eigenvalue weighted by Gasteiger charge is -2.31. The number of amides is 1. The Balaban J connectivity index is 1.35. The fourth-order valence-electron chi connectivity index (χ4n) is 4.41. The Kier molecular flexibility index (Phi) is 6.34.